The maximum Gasteiger partial charge on any atom is 0.274 e. The molecule has 2 aromatic carbocycles. The first kappa shape index (κ1) is 20.3. The summed E-state index contributed by atoms with van der Waals surface area (Å²) < 4.78 is 25.3. The highest BCUT2D eigenvalue weighted by Crippen LogP contribution is 2.36. The van der Waals surface area contributed by atoms with Crippen molar-refractivity contribution in [1.29, 1.82) is 0 Å². The van der Waals surface area contributed by atoms with Crippen LogP contribution in [-0.2, 0) is 10.0 Å². The summed E-state index contributed by atoms with van der Waals surface area (Å²) in [5, 5.41) is 8.22. The third-order valence-electron chi connectivity index (χ3n) is 4.81. The van der Waals surface area contributed by atoms with Crippen LogP contribution in [0.4, 0.5) is 5.69 Å². The molecule has 8 heteroatoms. The lowest BCUT2D eigenvalue weighted by Crippen LogP contribution is -2.26. The molecule has 0 radical (unpaired) electrons. The lowest BCUT2D eigenvalue weighted by molar-refractivity contribution is 0.0714. The SMILES string of the molecule is Cc1ccc(C(=O)N2N=C(c3ccc(NS(C)(=O)=O)cc3)C[C@H]2c2cccs2)cc1. The van der Waals surface area contributed by atoms with E-state index in [9.17, 15) is 13.2 Å². The second-order valence-electron chi connectivity index (χ2n) is 7.25. The normalized spacial score (nSPS) is 16.4. The zero-order chi connectivity index (χ0) is 21.3. The number of hydrogen-bond acceptors (Lipinski definition) is 5. The Labute approximate surface area is 179 Å². The molecule has 0 spiro atoms. The van der Waals surface area contributed by atoms with Crippen molar-refractivity contribution in [2.75, 3.05) is 11.0 Å². The molecule has 1 atom stereocenters. The van der Waals surface area contributed by atoms with Crippen LogP contribution in [0.15, 0.2) is 71.1 Å². The summed E-state index contributed by atoms with van der Waals surface area (Å²) in [7, 11) is -3.33. The number of nitrogens with zero attached hydrogens (tertiary/aromatic N) is 2. The van der Waals surface area contributed by atoms with E-state index in [-0.39, 0.29) is 11.9 Å². The van der Waals surface area contributed by atoms with Gasteiger partial charge in [-0.2, -0.15) is 5.10 Å². The number of sulfonamides is 1. The highest BCUT2D eigenvalue weighted by Gasteiger charge is 2.34. The average molecular weight is 440 g/mol. The van der Waals surface area contributed by atoms with Crippen LogP contribution in [0.2, 0.25) is 0 Å². The molecule has 30 heavy (non-hydrogen) atoms. The van der Waals surface area contributed by atoms with Crippen LogP contribution in [0.5, 0.6) is 0 Å². The van der Waals surface area contributed by atoms with Crippen molar-refractivity contribution < 1.29 is 13.2 Å². The number of aryl methyl sites for hydroxylation is 1. The van der Waals surface area contributed by atoms with Gasteiger partial charge >= 0.3 is 0 Å². The van der Waals surface area contributed by atoms with Gasteiger partial charge in [0.1, 0.15) is 0 Å². The molecule has 1 N–H and O–H groups in total. The Morgan fingerprint density at radius 2 is 1.80 bits per heavy atom. The Morgan fingerprint density at radius 1 is 1.10 bits per heavy atom. The van der Waals surface area contributed by atoms with Crippen molar-refractivity contribution in [3.8, 4) is 0 Å². The first-order valence-electron chi connectivity index (χ1n) is 9.39. The van der Waals surface area contributed by atoms with Crippen LogP contribution in [-0.4, -0.2) is 31.3 Å². The quantitative estimate of drug-likeness (QED) is 0.639. The Bertz CT molecular complexity index is 1180. The molecule has 0 saturated heterocycles. The van der Waals surface area contributed by atoms with Gasteiger partial charge in [0.05, 0.1) is 18.0 Å². The van der Waals surface area contributed by atoms with E-state index >= 15 is 0 Å². The fourth-order valence-corrected chi connectivity index (χ4v) is 4.72. The summed E-state index contributed by atoms with van der Waals surface area (Å²) in [6.45, 7) is 1.98. The van der Waals surface area contributed by atoms with E-state index in [2.05, 4.69) is 9.82 Å². The molecule has 1 amide bonds. The number of carbonyl (C=O) groups excluding carboxylic acids is 1. The monoisotopic (exact) mass is 439 g/mol. The predicted octanol–water partition coefficient (Wildman–Crippen LogP) is 4.42. The number of thiophene rings is 1. The molecule has 0 aliphatic carbocycles. The van der Waals surface area contributed by atoms with Gasteiger partial charge in [-0.25, -0.2) is 13.4 Å². The molecule has 0 saturated carbocycles. The van der Waals surface area contributed by atoms with Crippen molar-refractivity contribution in [1.82, 2.24) is 5.01 Å². The van der Waals surface area contributed by atoms with Crippen LogP contribution in [0.1, 0.15) is 38.8 Å². The standard InChI is InChI=1S/C22H21N3O3S2/c1-15-5-7-17(8-6-15)22(26)25-20(21-4-3-13-29-21)14-19(23-25)16-9-11-18(12-10-16)24-30(2,27)28/h3-13,20,24H,14H2,1-2H3/t20-/m0/s1. The second-order valence-corrected chi connectivity index (χ2v) is 9.98. The number of nitrogens with one attached hydrogen (secondary N) is 1. The van der Waals surface area contributed by atoms with Gasteiger partial charge in [-0.3, -0.25) is 9.52 Å². The molecule has 3 aromatic rings. The molecule has 1 aromatic heterocycles. The van der Waals surface area contributed by atoms with Crippen molar-refractivity contribution in [3.05, 3.63) is 87.6 Å². The van der Waals surface area contributed by atoms with Crippen molar-refractivity contribution in [3.63, 3.8) is 0 Å². The van der Waals surface area contributed by atoms with Gasteiger partial charge in [0.25, 0.3) is 5.91 Å². The van der Waals surface area contributed by atoms with E-state index in [1.165, 1.54) is 0 Å². The van der Waals surface area contributed by atoms with E-state index < -0.39 is 10.0 Å². The lowest BCUT2D eigenvalue weighted by Gasteiger charge is -2.20. The Morgan fingerprint density at radius 3 is 2.40 bits per heavy atom. The molecule has 154 valence electrons. The molecule has 2 heterocycles. The van der Waals surface area contributed by atoms with E-state index in [1.807, 2.05) is 60.8 Å². The van der Waals surface area contributed by atoms with Gasteiger partial charge in [-0.15, -0.1) is 11.3 Å². The minimum absolute atomic E-state index is 0.140. The van der Waals surface area contributed by atoms with Crippen molar-refractivity contribution in [2.45, 2.75) is 19.4 Å². The third kappa shape index (κ3) is 4.44. The first-order valence-corrected chi connectivity index (χ1v) is 12.2. The number of hydrazone groups is 1. The van der Waals surface area contributed by atoms with E-state index in [0.717, 1.165) is 28.0 Å². The van der Waals surface area contributed by atoms with Gasteiger partial charge < -0.3 is 0 Å². The largest absolute Gasteiger partial charge is 0.284 e. The van der Waals surface area contributed by atoms with E-state index in [0.29, 0.717) is 17.7 Å². The van der Waals surface area contributed by atoms with E-state index in [1.54, 1.807) is 28.5 Å². The highest BCUT2D eigenvalue weighted by molar-refractivity contribution is 7.92. The second kappa shape index (κ2) is 8.04. The summed E-state index contributed by atoms with van der Waals surface area (Å²) in [6.07, 6.45) is 1.71. The zero-order valence-electron chi connectivity index (χ0n) is 16.6. The summed E-state index contributed by atoms with van der Waals surface area (Å²) in [4.78, 5) is 14.3. The van der Waals surface area contributed by atoms with E-state index in [4.69, 9.17) is 0 Å². The Hall–Kier alpha value is -2.97. The smallest absolute Gasteiger partial charge is 0.274 e. The van der Waals surface area contributed by atoms with Gasteiger partial charge in [0.2, 0.25) is 10.0 Å². The molecule has 0 bridgehead atoms. The van der Waals surface area contributed by atoms with Crippen LogP contribution in [0.3, 0.4) is 0 Å². The van der Waals surface area contributed by atoms with Gasteiger partial charge in [0.15, 0.2) is 0 Å². The average Bonchev–Trinajstić information content (AvgIpc) is 3.37. The number of carbonyl (C=O) groups is 1. The summed E-state index contributed by atoms with van der Waals surface area (Å²) in [5.74, 6) is -0.140. The molecule has 4 rings (SSSR count). The Kier molecular flexibility index (Phi) is 5.44. The number of amides is 1. The third-order valence-corrected chi connectivity index (χ3v) is 6.39. The maximum atomic E-state index is 13.2. The lowest BCUT2D eigenvalue weighted by atomic mass is 10.0. The maximum absolute atomic E-state index is 13.2. The summed E-state index contributed by atoms with van der Waals surface area (Å²) >= 11 is 1.60. The molecular formula is C22H21N3O3S2. The Balaban J connectivity index is 1.65. The first-order chi connectivity index (χ1) is 14.3. The zero-order valence-corrected chi connectivity index (χ0v) is 18.2. The molecule has 1 aliphatic rings. The molecule has 0 fully saturated rings. The fourth-order valence-electron chi connectivity index (χ4n) is 3.35. The number of hydrogen-bond donors (Lipinski definition) is 1. The van der Waals surface area contributed by atoms with Gasteiger partial charge in [-0.05, 0) is 48.2 Å². The van der Waals surface area contributed by atoms with Crippen molar-refractivity contribution >= 4 is 38.7 Å². The fraction of sp³-hybridized carbons (Fsp3) is 0.182. The van der Waals surface area contributed by atoms with Crippen LogP contribution >= 0.6 is 11.3 Å². The highest BCUT2D eigenvalue weighted by atomic mass is 32.2. The van der Waals surface area contributed by atoms with Gasteiger partial charge in [-0.1, -0.05) is 35.9 Å². The minimum Gasteiger partial charge on any atom is -0.284 e. The molecular weight excluding hydrogens is 418 g/mol. The van der Waals surface area contributed by atoms with Crippen LogP contribution in [0, 0.1) is 6.92 Å². The predicted molar refractivity (Wildman–Crippen MR) is 120 cm³/mol. The topological polar surface area (TPSA) is 78.8 Å². The molecule has 0 unspecified atom stereocenters. The number of rotatable bonds is 5. The summed E-state index contributed by atoms with van der Waals surface area (Å²) in [5.41, 5.74) is 3.83. The molecule has 6 nitrogen and oxygen atoms in total. The minimum atomic E-state index is -3.33. The van der Waals surface area contributed by atoms with Crippen molar-refractivity contribution in [2.24, 2.45) is 5.10 Å². The van der Waals surface area contributed by atoms with Gasteiger partial charge in [0, 0.05) is 22.5 Å². The van der Waals surface area contributed by atoms with Crippen LogP contribution in [0.25, 0.3) is 0 Å². The number of benzene rings is 2. The van der Waals surface area contributed by atoms with Crippen LogP contribution < -0.4 is 4.72 Å². The number of anilines is 1. The molecule has 1 aliphatic heterocycles. The summed E-state index contributed by atoms with van der Waals surface area (Å²) in [6, 6.07) is 18.3.